The molecule has 3 rings (SSSR count). The van der Waals surface area contributed by atoms with E-state index >= 15 is 0 Å². The van der Waals surface area contributed by atoms with Crippen molar-refractivity contribution in [1.29, 1.82) is 0 Å². The Hall–Kier alpha value is -3.05. The van der Waals surface area contributed by atoms with Crippen LogP contribution in [0.3, 0.4) is 0 Å². The molecular formula is C21H19ClN2O3. The zero-order valence-electron chi connectivity index (χ0n) is 14.6. The fourth-order valence-electron chi connectivity index (χ4n) is 2.56. The maximum Gasteiger partial charge on any atom is 0.251 e. The molecule has 0 aliphatic rings. The van der Waals surface area contributed by atoms with Crippen molar-refractivity contribution in [3.8, 4) is 0 Å². The highest BCUT2D eigenvalue weighted by atomic mass is 35.5. The monoisotopic (exact) mass is 382 g/mol. The van der Waals surface area contributed by atoms with Gasteiger partial charge >= 0.3 is 0 Å². The molecule has 0 aliphatic heterocycles. The first-order valence-electron chi connectivity index (χ1n) is 8.55. The predicted molar refractivity (Wildman–Crippen MR) is 104 cm³/mol. The van der Waals surface area contributed by atoms with Crippen LogP contribution in [-0.4, -0.2) is 18.4 Å². The molecule has 0 fully saturated rings. The van der Waals surface area contributed by atoms with Gasteiger partial charge in [0.25, 0.3) is 11.8 Å². The third-order valence-corrected chi connectivity index (χ3v) is 4.25. The second kappa shape index (κ2) is 9.05. The average Bonchev–Trinajstić information content (AvgIpc) is 3.21. The molecule has 0 bridgehead atoms. The number of rotatable bonds is 7. The average molecular weight is 383 g/mol. The lowest BCUT2D eigenvalue weighted by molar-refractivity contribution is 0.0948. The number of hydrogen-bond donors (Lipinski definition) is 2. The van der Waals surface area contributed by atoms with E-state index < -0.39 is 0 Å². The molecule has 138 valence electrons. The summed E-state index contributed by atoms with van der Waals surface area (Å²) in [6.07, 6.45) is 2.25. The zero-order valence-corrected chi connectivity index (χ0v) is 15.3. The normalized spacial score (nSPS) is 10.4. The minimum Gasteiger partial charge on any atom is -0.467 e. The molecule has 0 saturated carbocycles. The van der Waals surface area contributed by atoms with Crippen molar-refractivity contribution < 1.29 is 14.0 Å². The van der Waals surface area contributed by atoms with Crippen LogP contribution in [0, 0.1) is 0 Å². The Kier molecular flexibility index (Phi) is 6.28. The number of hydrogen-bond acceptors (Lipinski definition) is 3. The molecule has 1 heterocycles. The summed E-state index contributed by atoms with van der Waals surface area (Å²) in [7, 11) is 0. The molecule has 5 nitrogen and oxygen atoms in total. The van der Waals surface area contributed by atoms with Crippen LogP contribution in [0.1, 0.15) is 32.0 Å². The second-order valence-electron chi connectivity index (χ2n) is 5.98. The number of nitrogens with one attached hydrogen (secondary N) is 2. The molecule has 2 N–H and O–H groups in total. The molecule has 0 saturated heterocycles. The standard InChI is InChI=1S/C21H19ClN2O3/c22-18-8-6-15(7-9-18)10-11-23-20(25)16-3-1-4-17(13-16)21(26)24-14-19-5-2-12-27-19/h1-9,12-13H,10-11,14H2,(H,23,25)(H,24,26). The fraction of sp³-hybridized carbons (Fsp3) is 0.143. The number of benzene rings is 2. The lowest BCUT2D eigenvalue weighted by atomic mass is 10.1. The van der Waals surface area contributed by atoms with Crippen LogP contribution in [0.5, 0.6) is 0 Å². The van der Waals surface area contributed by atoms with Gasteiger partial charge in [-0.3, -0.25) is 9.59 Å². The molecule has 3 aromatic rings. The van der Waals surface area contributed by atoms with E-state index in [0.717, 1.165) is 5.56 Å². The summed E-state index contributed by atoms with van der Waals surface area (Å²) in [4.78, 5) is 24.6. The Bertz CT molecular complexity index is 905. The first-order valence-corrected chi connectivity index (χ1v) is 8.93. The minimum atomic E-state index is -0.262. The van der Waals surface area contributed by atoms with Gasteiger partial charge in [0.2, 0.25) is 0 Å². The Labute approximate surface area is 162 Å². The lowest BCUT2D eigenvalue weighted by Gasteiger charge is -2.08. The topological polar surface area (TPSA) is 71.3 Å². The first kappa shape index (κ1) is 18.7. The highest BCUT2D eigenvalue weighted by molar-refractivity contribution is 6.30. The van der Waals surface area contributed by atoms with E-state index in [4.69, 9.17) is 16.0 Å². The smallest absolute Gasteiger partial charge is 0.251 e. The SMILES string of the molecule is O=C(NCCc1ccc(Cl)cc1)c1cccc(C(=O)NCc2ccco2)c1. The molecule has 0 aliphatic carbocycles. The van der Waals surface area contributed by atoms with Gasteiger partial charge in [-0.1, -0.05) is 29.8 Å². The predicted octanol–water partition coefficient (Wildman–Crippen LogP) is 3.84. The van der Waals surface area contributed by atoms with Crippen molar-refractivity contribution in [3.63, 3.8) is 0 Å². The van der Waals surface area contributed by atoms with Crippen LogP contribution in [0.25, 0.3) is 0 Å². The summed E-state index contributed by atoms with van der Waals surface area (Å²) in [5.41, 5.74) is 1.95. The molecule has 27 heavy (non-hydrogen) atoms. The van der Waals surface area contributed by atoms with Crippen molar-refractivity contribution in [2.45, 2.75) is 13.0 Å². The van der Waals surface area contributed by atoms with E-state index in [1.165, 1.54) is 0 Å². The third kappa shape index (κ3) is 5.46. The van der Waals surface area contributed by atoms with Gasteiger partial charge < -0.3 is 15.1 Å². The highest BCUT2D eigenvalue weighted by Gasteiger charge is 2.10. The summed E-state index contributed by atoms with van der Waals surface area (Å²) in [6.45, 7) is 0.790. The molecule has 6 heteroatoms. The molecule has 0 unspecified atom stereocenters. The van der Waals surface area contributed by atoms with Crippen LogP contribution in [0.2, 0.25) is 5.02 Å². The Morgan fingerprint density at radius 3 is 2.26 bits per heavy atom. The van der Waals surface area contributed by atoms with E-state index in [2.05, 4.69) is 10.6 Å². The van der Waals surface area contributed by atoms with Crippen LogP contribution >= 0.6 is 11.6 Å². The molecule has 2 amide bonds. The van der Waals surface area contributed by atoms with Gasteiger partial charge in [0.1, 0.15) is 5.76 Å². The zero-order chi connectivity index (χ0) is 19.1. The van der Waals surface area contributed by atoms with Gasteiger partial charge in [-0.05, 0) is 54.4 Å². The summed E-state index contributed by atoms with van der Waals surface area (Å²) in [6, 6.07) is 17.7. The van der Waals surface area contributed by atoms with E-state index in [1.807, 2.05) is 24.3 Å². The van der Waals surface area contributed by atoms with Gasteiger partial charge in [-0.15, -0.1) is 0 Å². The van der Waals surface area contributed by atoms with Crippen molar-refractivity contribution in [3.05, 3.63) is 94.4 Å². The lowest BCUT2D eigenvalue weighted by Crippen LogP contribution is -2.27. The highest BCUT2D eigenvalue weighted by Crippen LogP contribution is 2.10. The van der Waals surface area contributed by atoms with Crippen molar-refractivity contribution in [1.82, 2.24) is 10.6 Å². The summed E-state index contributed by atoms with van der Waals surface area (Å²) in [5.74, 6) is 0.186. The van der Waals surface area contributed by atoms with Gasteiger partial charge in [0.15, 0.2) is 0 Å². The first-order chi connectivity index (χ1) is 13.1. The molecular weight excluding hydrogens is 364 g/mol. The van der Waals surface area contributed by atoms with Crippen LogP contribution in [0.15, 0.2) is 71.3 Å². The van der Waals surface area contributed by atoms with E-state index in [0.29, 0.717) is 41.4 Å². The largest absolute Gasteiger partial charge is 0.467 e. The Morgan fingerprint density at radius 2 is 1.59 bits per heavy atom. The van der Waals surface area contributed by atoms with E-state index in [9.17, 15) is 9.59 Å². The molecule has 2 aromatic carbocycles. The number of carbonyl (C=O) groups is 2. The van der Waals surface area contributed by atoms with Gasteiger partial charge in [-0.25, -0.2) is 0 Å². The Balaban J connectivity index is 1.53. The molecule has 0 atom stereocenters. The molecule has 1 aromatic heterocycles. The van der Waals surface area contributed by atoms with Gasteiger partial charge in [0, 0.05) is 22.7 Å². The number of amides is 2. The number of halogens is 1. The third-order valence-electron chi connectivity index (χ3n) is 4.00. The van der Waals surface area contributed by atoms with Crippen LogP contribution in [-0.2, 0) is 13.0 Å². The summed E-state index contributed by atoms with van der Waals surface area (Å²) in [5, 5.41) is 6.31. The molecule has 0 radical (unpaired) electrons. The summed E-state index contributed by atoms with van der Waals surface area (Å²) >= 11 is 5.86. The van der Waals surface area contributed by atoms with Crippen LogP contribution < -0.4 is 10.6 Å². The second-order valence-corrected chi connectivity index (χ2v) is 6.41. The fourth-order valence-corrected chi connectivity index (χ4v) is 2.68. The maximum atomic E-state index is 12.3. The van der Waals surface area contributed by atoms with Crippen molar-refractivity contribution >= 4 is 23.4 Å². The number of furan rings is 1. The summed E-state index contributed by atoms with van der Waals surface area (Å²) < 4.78 is 5.18. The number of carbonyl (C=O) groups excluding carboxylic acids is 2. The van der Waals surface area contributed by atoms with Crippen molar-refractivity contribution in [2.24, 2.45) is 0 Å². The van der Waals surface area contributed by atoms with E-state index in [1.54, 1.807) is 42.7 Å². The maximum absolute atomic E-state index is 12.3. The molecule has 0 spiro atoms. The van der Waals surface area contributed by atoms with Gasteiger partial charge in [0.05, 0.1) is 12.8 Å². The van der Waals surface area contributed by atoms with E-state index in [-0.39, 0.29) is 11.8 Å². The van der Waals surface area contributed by atoms with Crippen molar-refractivity contribution in [2.75, 3.05) is 6.54 Å². The minimum absolute atomic E-state index is 0.218. The van der Waals surface area contributed by atoms with Gasteiger partial charge in [-0.2, -0.15) is 0 Å². The van der Waals surface area contributed by atoms with Crippen LogP contribution in [0.4, 0.5) is 0 Å². The quantitative estimate of drug-likeness (QED) is 0.652. The Morgan fingerprint density at radius 1 is 0.889 bits per heavy atom.